The summed E-state index contributed by atoms with van der Waals surface area (Å²) in [5, 5.41) is 5.60. The Bertz CT molecular complexity index is 610. The number of anilines is 1. The maximum Gasteiger partial charge on any atom is 0.279 e. The molecule has 1 unspecified atom stereocenters. The average molecular weight is 363 g/mol. The molecule has 0 bridgehead atoms. The second-order valence-corrected chi connectivity index (χ2v) is 6.64. The molecule has 0 saturated carbocycles. The maximum absolute atomic E-state index is 12.3. The van der Waals surface area contributed by atoms with E-state index in [2.05, 4.69) is 10.6 Å². The van der Waals surface area contributed by atoms with Gasteiger partial charge in [-0.1, -0.05) is 0 Å². The van der Waals surface area contributed by atoms with Crippen molar-refractivity contribution in [2.75, 3.05) is 38.5 Å². The number of quaternary nitrogens is 1. The van der Waals surface area contributed by atoms with Crippen LogP contribution in [0.4, 0.5) is 5.69 Å². The van der Waals surface area contributed by atoms with Crippen LogP contribution in [0.5, 0.6) is 0 Å². The van der Waals surface area contributed by atoms with Crippen molar-refractivity contribution in [2.24, 2.45) is 0 Å². The van der Waals surface area contributed by atoms with Crippen molar-refractivity contribution in [3.63, 3.8) is 0 Å². The first-order chi connectivity index (χ1) is 12.3. The van der Waals surface area contributed by atoms with Gasteiger partial charge >= 0.3 is 0 Å². The Kier molecular flexibility index (Phi) is 8.78. The third kappa shape index (κ3) is 7.23. The van der Waals surface area contributed by atoms with Gasteiger partial charge in [0, 0.05) is 30.4 Å². The first-order valence-corrected chi connectivity index (χ1v) is 9.06. The van der Waals surface area contributed by atoms with Gasteiger partial charge in [-0.2, -0.15) is 0 Å². The molecular weight excluding hydrogens is 332 g/mol. The summed E-state index contributed by atoms with van der Waals surface area (Å²) in [6.45, 7) is 9.42. The number of rotatable bonds is 9. The molecular formula is C19H31N4O3+. The summed E-state index contributed by atoms with van der Waals surface area (Å²) < 4.78 is 0. The predicted octanol–water partition coefficient (Wildman–Crippen LogP) is 0.146. The van der Waals surface area contributed by atoms with E-state index in [9.17, 15) is 14.4 Å². The second-order valence-electron chi connectivity index (χ2n) is 6.64. The summed E-state index contributed by atoms with van der Waals surface area (Å²) in [5.74, 6) is -0.277. The fourth-order valence-corrected chi connectivity index (χ4v) is 2.58. The van der Waals surface area contributed by atoms with Crippen LogP contribution in [-0.2, 0) is 9.59 Å². The number of carbonyl (C=O) groups excluding carboxylic acids is 3. The lowest BCUT2D eigenvalue weighted by Crippen LogP contribution is -3.11. The molecule has 0 saturated heterocycles. The molecule has 0 aromatic heterocycles. The zero-order valence-corrected chi connectivity index (χ0v) is 16.4. The summed E-state index contributed by atoms with van der Waals surface area (Å²) in [6.07, 6.45) is 0. The van der Waals surface area contributed by atoms with Gasteiger partial charge in [0.1, 0.15) is 0 Å². The van der Waals surface area contributed by atoms with Crippen LogP contribution >= 0.6 is 0 Å². The molecule has 0 aliphatic carbocycles. The van der Waals surface area contributed by atoms with Crippen LogP contribution in [0, 0.1) is 0 Å². The Hall–Kier alpha value is -2.41. The molecule has 0 heterocycles. The number of likely N-dealkylation sites (N-methyl/N-ethyl adjacent to an activating group) is 1. The number of hydrogen-bond donors (Lipinski definition) is 3. The molecule has 1 rings (SSSR count). The van der Waals surface area contributed by atoms with Gasteiger partial charge in [-0.25, -0.2) is 0 Å². The summed E-state index contributed by atoms with van der Waals surface area (Å²) in [7, 11) is 1.80. The van der Waals surface area contributed by atoms with E-state index >= 15 is 0 Å². The van der Waals surface area contributed by atoms with Crippen LogP contribution in [-0.4, -0.2) is 61.9 Å². The largest absolute Gasteiger partial charge is 0.349 e. The SMILES string of the molecule is CCN(CC)C(=O)c1ccc(NC(=O)C[NH+](C)CC(=O)NC(C)C)cc1. The Labute approximate surface area is 155 Å². The summed E-state index contributed by atoms with van der Waals surface area (Å²) in [6, 6.07) is 6.94. The molecule has 0 aliphatic heterocycles. The van der Waals surface area contributed by atoms with Crippen LogP contribution < -0.4 is 15.5 Å². The number of nitrogens with zero attached hydrogens (tertiary/aromatic N) is 1. The first kappa shape index (κ1) is 21.6. The molecule has 1 aromatic rings. The molecule has 1 atom stereocenters. The molecule has 1 aromatic carbocycles. The van der Waals surface area contributed by atoms with E-state index in [0.717, 1.165) is 4.90 Å². The highest BCUT2D eigenvalue weighted by Gasteiger charge is 2.16. The smallest absolute Gasteiger partial charge is 0.279 e. The number of hydrogen-bond acceptors (Lipinski definition) is 3. The van der Waals surface area contributed by atoms with Crippen LogP contribution in [0.15, 0.2) is 24.3 Å². The Morgan fingerprint density at radius 2 is 1.54 bits per heavy atom. The van der Waals surface area contributed by atoms with Crippen molar-refractivity contribution in [3.8, 4) is 0 Å². The molecule has 0 aliphatic rings. The van der Waals surface area contributed by atoms with Gasteiger partial charge in [-0.15, -0.1) is 0 Å². The molecule has 3 N–H and O–H groups in total. The van der Waals surface area contributed by atoms with Gasteiger partial charge in [0.25, 0.3) is 17.7 Å². The quantitative estimate of drug-likeness (QED) is 0.584. The van der Waals surface area contributed by atoms with Crippen molar-refractivity contribution in [1.82, 2.24) is 10.2 Å². The van der Waals surface area contributed by atoms with Gasteiger partial charge in [-0.3, -0.25) is 14.4 Å². The monoisotopic (exact) mass is 363 g/mol. The number of amides is 3. The zero-order valence-electron chi connectivity index (χ0n) is 16.4. The van der Waals surface area contributed by atoms with Crippen LogP contribution in [0.1, 0.15) is 38.1 Å². The van der Waals surface area contributed by atoms with Crippen molar-refractivity contribution in [2.45, 2.75) is 33.7 Å². The van der Waals surface area contributed by atoms with Gasteiger partial charge < -0.3 is 20.4 Å². The van der Waals surface area contributed by atoms with Gasteiger partial charge in [0.05, 0.1) is 7.05 Å². The summed E-state index contributed by atoms with van der Waals surface area (Å²) in [5.41, 5.74) is 1.23. The van der Waals surface area contributed by atoms with Gasteiger partial charge in [0.15, 0.2) is 13.1 Å². The van der Waals surface area contributed by atoms with E-state index in [1.807, 2.05) is 27.7 Å². The van der Waals surface area contributed by atoms with Crippen molar-refractivity contribution in [3.05, 3.63) is 29.8 Å². The maximum atomic E-state index is 12.3. The molecule has 0 spiro atoms. The molecule has 144 valence electrons. The summed E-state index contributed by atoms with van der Waals surface area (Å²) >= 11 is 0. The highest BCUT2D eigenvalue weighted by atomic mass is 16.2. The Morgan fingerprint density at radius 1 is 1.00 bits per heavy atom. The van der Waals surface area contributed by atoms with Gasteiger partial charge in [-0.05, 0) is 52.0 Å². The van der Waals surface area contributed by atoms with E-state index in [4.69, 9.17) is 0 Å². The predicted molar refractivity (Wildman–Crippen MR) is 102 cm³/mol. The molecule has 26 heavy (non-hydrogen) atoms. The van der Waals surface area contributed by atoms with Crippen LogP contribution in [0.2, 0.25) is 0 Å². The normalized spacial score (nSPS) is 11.8. The van der Waals surface area contributed by atoms with E-state index in [1.54, 1.807) is 36.2 Å². The molecule has 7 heteroatoms. The average Bonchev–Trinajstić information content (AvgIpc) is 2.55. The molecule has 3 amide bonds. The minimum atomic E-state index is -0.178. The zero-order chi connectivity index (χ0) is 19.7. The molecule has 0 fully saturated rings. The highest BCUT2D eigenvalue weighted by Crippen LogP contribution is 2.11. The second kappa shape index (κ2) is 10.6. The third-order valence-corrected chi connectivity index (χ3v) is 3.84. The van der Waals surface area contributed by atoms with Gasteiger partial charge in [0.2, 0.25) is 0 Å². The lowest BCUT2D eigenvalue weighted by atomic mass is 10.1. The highest BCUT2D eigenvalue weighted by molar-refractivity contribution is 5.96. The molecule has 7 nitrogen and oxygen atoms in total. The standard InChI is InChI=1S/C19H30N4O3/c1-6-23(7-2)19(26)15-8-10-16(11-9-15)21-18(25)13-22(5)12-17(24)20-14(3)4/h8-11,14H,6-7,12-13H2,1-5H3,(H,20,24)(H,21,25)/p+1. The Balaban J connectivity index is 2.54. The van der Waals surface area contributed by atoms with E-state index in [1.165, 1.54) is 0 Å². The lowest BCUT2D eigenvalue weighted by Gasteiger charge is -2.18. The van der Waals surface area contributed by atoms with Crippen molar-refractivity contribution in [1.29, 1.82) is 0 Å². The minimum Gasteiger partial charge on any atom is -0.349 e. The van der Waals surface area contributed by atoms with Crippen molar-refractivity contribution < 1.29 is 19.3 Å². The Morgan fingerprint density at radius 3 is 2.04 bits per heavy atom. The fourth-order valence-electron chi connectivity index (χ4n) is 2.58. The number of benzene rings is 1. The van der Waals surface area contributed by atoms with Crippen LogP contribution in [0.25, 0.3) is 0 Å². The van der Waals surface area contributed by atoms with E-state index in [0.29, 0.717) is 24.3 Å². The van der Waals surface area contributed by atoms with Crippen LogP contribution in [0.3, 0.4) is 0 Å². The topological polar surface area (TPSA) is 83.0 Å². The fraction of sp³-hybridized carbons (Fsp3) is 0.526. The summed E-state index contributed by atoms with van der Waals surface area (Å²) in [4.78, 5) is 38.6. The molecule has 0 radical (unpaired) electrons. The number of nitrogens with one attached hydrogen (secondary N) is 3. The third-order valence-electron chi connectivity index (χ3n) is 3.84. The minimum absolute atomic E-state index is 0.0202. The van der Waals surface area contributed by atoms with E-state index in [-0.39, 0.29) is 36.9 Å². The van der Waals surface area contributed by atoms with E-state index < -0.39 is 0 Å². The number of carbonyl (C=O) groups is 3. The first-order valence-electron chi connectivity index (χ1n) is 9.06. The lowest BCUT2D eigenvalue weighted by molar-refractivity contribution is -0.862. The van der Waals surface area contributed by atoms with Crippen molar-refractivity contribution >= 4 is 23.4 Å².